The molecule has 2 saturated heterocycles. The molecule has 1 N–H and O–H groups in total. The Morgan fingerprint density at radius 2 is 2.03 bits per heavy atom. The Bertz CT molecular complexity index is 1230. The molecule has 0 aromatic heterocycles. The fourth-order valence-electron chi connectivity index (χ4n) is 3.68. The van der Waals surface area contributed by atoms with Gasteiger partial charge in [0, 0.05) is 19.5 Å². The molecule has 2 aliphatic rings. The molecule has 2 amide bonds. The van der Waals surface area contributed by atoms with Gasteiger partial charge in [-0.25, -0.2) is 0 Å². The first-order valence-corrected chi connectivity index (χ1v) is 11.7. The Kier molecular flexibility index (Phi) is 7.18. The number of aryl methyl sites for hydroxylation is 1. The molecule has 174 valence electrons. The molecule has 8 nitrogen and oxygen atoms in total. The van der Waals surface area contributed by atoms with Crippen molar-refractivity contribution >= 4 is 34.8 Å². The van der Waals surface area contributed by atoms with E-state index in [-0.39, 0.29) is 11.8 Å². The van der Waals surface area contributed by atoms with Gasteiger partial charge >= 0.3 is 0 Å². The van der Waals surface area contributed by atoms with E-state index < -0.39 is 0 Å². The van der Waals surface area contributed by atoms with Gasteiger partial charge in [-0.2, -0.15) is 5.26 Å². The number of amidine groups is 1. The average Bonchev–Trinajstić information content (AvgIpc) is 3.40. The summed E-state index contributed by atoms with van der Waals surface area (Å²) in [6.45, 7) is 3.67. The van der Waals surface area contributed by atoms with Crippen molar-refractivity contribution < 1.29 is 19.1 Å². The molecule has 34 heavy (non-hydrogen) atoms. The SMILES string of the molecule is COc1cc(/C=C2\SC(=NCCN3CCCC3=O)NC2=O)ccc1Oc1ccc(C#N)cc1C. The van der Waals surface area contributed by atoms with Gasteiger partial charge in [0.05, 0.1) is 30.2 Å². The number of ether oxygens (including phenoxy) is 2. The van der Waals surface area contributed by atoms with Crippen LogP contribution in [-0.4, -0.2) is 48.6 Å². The molecule has 2 aromatic rings. The second kappa shape index (κ2) is 10.4. The van der Waals surface area contributed by atoms with Crippen LogP contribution in [0.15, 0.2) is 46.3 Å². The molecule has 9 heteroatoms. The predicted octanol–water partition coefficient (Wildman–Crippen LogP) is 3.85. The molecular weight excluding hydrogens is 452 g/mol. The van der Waals surface area contributed by atoms with Crippen molar-refractivity contribution in [1.82, 2.24) is 10.2 Å². The Hall–Kier alpha value is -3.77. The zero-order valence-electron chi connectivity index (χ0n) is 19.0. The standard InChI is InChI=1S/C25H24N4O4S/c1-16-12-18(15-26)6-7-19(16)33-20-8-5-17(13-21(20)32-2)14-22-24(31)28-25(34-22)27-9-11-29-10-3-4-23(29)30/h5-8,12-14H,3-4,9-11H2,1-2H3,(H,27,28,31)/b22-14-. The van der Waals surface area contributed by atoms with Crippen LogP contribution in [0.25, 0.3) is 6.08 Å². The molecule has 4 rings (SSSR count). The van der Waals surface area contributed by atoms with Gasteiger partial charge in [0.15, 0.2) is 16.7 Å². The molecule has 0 unspecified atom stereocenters. The first kappa shape index (κ1) is 23.4. The Morgan fingerprint density at radius 3 is 2.74 bits per heavy atom. The van der Waals surface area contributed by atoms with Crippen LogP contribution in [0, 0.1) is 18.3 Å². The van der Waals surface area contributed by atoms with Gasteiger partial charge in [0.2, 0.25) is 5.91 Å². The maximum absolute atomic E-state index is 12.4. The first-order chi connectivity index (χ1) is 16.5. The highest BCUT2D eigenvalue weighted by atomic mass is 32.2. The molecule has 0 aliphatic carbocycles. The third-order valence-electron chi connectivity index (χ3n) is 5.46. The van der Waals surface area contributed by atoms with Crippen molar-refractivity contribution in [3.63, 3.8) is 0 Å². The lowest BCUT2D eigenvalue weighted by Crippen LogP contribution is -2.28. The van der Waals surface area contributed by atoms with Gasteiger partial charge in [-0.3, -0.25) is 14.6 Å². The molecule has 2 fully saturated rings. The van der Waals surface area contributed by atoms with Gasteiger partial charge in [-0.15, -0.1) is 0 Å². The minimum absolute atomic E-state index is 0.166. The molecule has 2 aromatic carbocycles. The van der Waals surface area contributed by atoms with E-state index in [1.165, 1.54) is 11.8 Å². The number of nitrogens with one attached hydrogen (secondary N) is 1. The largest absolute Gasteiger partial charge is 0.493 e. The highest BCUT2D eigenvalue weighted by Crippen LogP contribution is 2.35. The summed E-state index contributed by atoms with van der Waals surface area (Å²) in [6, 6.07) is 12.7. The summed E-state index contributed by atoms with van der Waals surface area (Å²) in [6.07, 6.45) is 3.27. The summed E-state index contributed by atoms with van der Waals surface area (Å²) < 4.78 is 11.5. The number of methoxy groups -OCH3 is 1. The van der Waals surface area contributed by atoms with E-state index in [4.69, 9.17) is 14.7 Å². The van der Waals surface area contributed by atoms with Crippen LogP contribution in [-0.2, 0) is 9.59 Å². The van der Waals surface area contributed by atoms with Crippen LogP contribution in [0.5, 0.6) is 17.2 Å². The zero-order valence-corrected chi connectivity index (χ0v) is 19.8. The quantitative estimate of drug-likeness (QED) is 0.609. The van der Waals surface area contributed by atoms with Crippen LogP contribution in [0.1, 0.15) is 29.5 Å². The molecule has 0 bridgehead atoms. The smallest absolute Gasteiger partial charge is 0.264 e. The van der Waals surface area contributed by atoms with E-state index in [9.17, 15) is 9.59 Å². The Balaban J connectivity index is 1.44. The van der Waals surface area contributed by atoms with Crippen molar-refractivity contribution in [2.24, 2.45) is 4.99 Å². The van der Waals surface area contributed by atoms with E-state index in [1.54, 1.807) is 48.4 Å². The number of nitriles is 1. The number of aliphatic imine (C=N–C) groups is 1. The normalized spacial score (nSPS) is 17.9. The minimum atomic E-state index is -0.214. The number of carbonyl (C=O) groups is 2. The first-order valence-electron chi connectivity index (χ1n) is 10.9. The molecule has 0 radical (unpaired) electrons. The molecule has 0 saturated carbocycles. The van der Waals surface area contributed by atoms with Gasteiger partial charge < -0.3 is 19.7 Å². The number of carbonyl (C=O) groups excluding carboxylic acids is 2. The average molecular weight is 477 g/mol. The Labute approximate surface area is 202 Å². The zero-order chi connectivity index (χ0) is 24.1. The van der Waals surface area contributed by atoms with Gasteiger partial charge in [0.25, 0.3) is 5.91 Å². The van der Waals surface area contributed by atoms with E-state index in [0.717, 1.165) is 24.1 Å². The molecule has 0 atom stereocenters. The number of hydrogen-bond donors (Lipinski definition) is 1. The number of hydrogen-bond acceptors (Lipinski definition) is 7. The topological polar surface area (TPSA) is 104 Å². The fourth-order valence-corrected chi connectivity index (χ4v) is 4.52. The molecular formula is C25H24N4O4S. The number of benzene rings is 2. The number of likely N-dealkylation sites (tertiary alicyclic amines) is 1. The molecule has 2 aliphatic heterocycles. The van der Waals surface area contributed by atoms with Gasteiger partial charge in [-0.05, 0) is 72.6 Å². The van der Waals surface area contributed by atoms with Crippen molar-refractivity contribution in [3.05, 3.63) is 58.0 Å². The lowest BCUT2D eigenvalue weighted by atomic mass is 10.1. The summed E-state index contributed by atoms with van der Waals surface area (Å²) in [7, 11) is 1.55. The van der Waals surface area contributed by atoms with Gasteiger partial charge in [0.1, 0.15) is 5.75 Å². The highest BCUT2D eigenvalue weighted by molar-refractivity contribution is 8.18. The summed E-state index contributed by atoms with van der Waals surface area (Å²) in [4.78, 5) is 30.8. The second-order valence-electron chi connectivity index (χ2n) is 7.84. The van der Waals surface area contributed by atoms with E-state index in [1.807, 2.05) is 13.0 Å². The highest BCUT2D eigenvalue weighted by Gasteiger charge is 2.24. The number of amides is 2. The van der Waals surface area contributed by atoms with Crippen LogP contribution >= 0.6 is 11.8 Å². The lowest BCUT2D eigenvalue weighted by Gasteiger charge is -2.13. The minimum Gasteiger partial charge on any atom is -0.493 e. The van der Waals surface area contributed by atoms with E-state index in [2.05, 4.69) is 16.4 Å². The van der Waals surface area contributed by atoms with Crippen molar-refractivity contribution in [2.45, 2.75) is 19.8 Å². The van der Waals surface area contributed by atoms with Crippen molar-refractivity contribution in [3.8, 4) is 23.3 Å². The Morgan fingerprint density at radius 1 is 1.21 bits per heavy atom. The summed E-state index contributed by atoms with van der Waals surface area (Å²) >= 11 is 1.27. The maximum Gasteiger partial charge on any atom is 0.264 e. The third kappa shape index (κ3) is 5.41. The second-order valence-corrected chi connectivity index (χ2v) is 8.87. The van der Waals surface area contributed by atoms with E-state index in [0.29, 0.717) is 52.4 Å². The fraction of sp³-hybridized carbons (Fsp3) is 0.280. The van der Waals surface area contributed by atoms with Crippen LogP contribution in [0.3, 0.4) is 0 Å². The molecule has 2 heterocycles. The lowest BCUT2D eigenvalue weighted by molar-refractivity contribution is -0.127. The third-order valence-corrected chi connectivity index (χ3v) is 6.40. The molecule has 0 spiro atoms. The van der Waals surface area contributed by atoms with Crippen LogP contribution in [0.2, 0.25) is 0 Å². The van der Waals surface area contributed by atoms with Crippen molar-refractivity contribution in [2.75, 3.05) is 26.7 Å². The monoisotopic (exact) mass is 476 g/mol. The summed E-state index contributed by atoms with van der Waals surface area (Å²) in [5.74, 6) is 1.63. The van der Waals surface area contributed by atoms with E-state index >= 15 is 0 Å². The number of thioether (sulfide) groups is 1. The predicted molar refractivity (Wildman–Crippen MR) is 131 cm³/mol. The van der Waals surface area contributed by atoms with Gasteiger partial charge in [-0.1, -0.05) is 6.07 Å². The van der Waals surface area contributed by atoms with Crippen LogP contribution in [0.4, 0.5) is 0 Å². The summed E-state index contributed by atoms with van der Waals surface area (Å²) in [5, 5.41) is 12.3. The van der Waals surface area contributed by atoms with Crippen molar-refractivity contribution in [1.29, 1.82) is 5.26 Å². The number of nitrogens with zero attached hydrogens (tertiary/aromatic N) is 3. The summed E-state index contributed by atoms with van der Waals surface area (Å²) in [5.41, 5.74) is 2.19. The van der Waals surface area contributed by atoms with Crippen LogP contribution < -0.4 is 14.8 Å². The number of rotatable bonds is 7. The maximum atomic E-state index is 12.4.